The van der Waals surface area contributed by atoms with Crippen LogP contribution in [0.5, 0.6) is 0 Å². The van der Waals surface area contributed by atoms with Crippen molar-refractivity contribution in [2.24, 2.45) is 0 Å². The second-order valence-electron chi connectivity index (χ2n) is 6.06. The summed E-state index contributed by atoms with van der Waals surface area (Å²) in [6, 6.07) is 20.3. The normalized spacial score (nSPS) is 11.8. The SMILES string of the molecule is CS(=O)(=O)c1ccc(-c2c(-c3cccc(Cl)c3)nn3ccccc23)cc1. The van der Waals surface area contributed by atoms with Crippen molar-refractivity contribution in [3.8, 4) is 22.4 Å². The molecule has 0 saturated carbocycles. The third-order valence-electron chi connectivity index (χ3n) is 4.21. The summed E-state index contributed by atoms with van der Waals surface area (Å²) >= 11 is 6.16. The van der Waals surface area contributed by atoms with Crippen LogP contribution in [0.4, 0.5) is 0 Å². The first-order valence-corrected chi connectivity index (χ1v) is 10.2. The quantitative estimate of drug-likeness (QED) is 0.515. The molecular formula is C20H15ClN2O2S. The summed E-state index contributed by atoms with van der Waals surface area (Å²) in [6.45, 7) is 0. The van der Waals surface area contributed by atoms with E-state index < -0.39 is 9.84 Å². The number of hydrogen-bond donors (Lipinski definition) is 0. The van der Waals surface area contributed by atoms with Crippen LogP contribution in [0.25, 0.3) is 27.9 Å². The molecular weight excluding hydrogens is 368 g/mol. The van der Waals surface area contributed by atoms with Crippen LogP contribution in [-0.2, 0) is 9.84 Å². The Morgan fingerprint density at radius 1 is 0.923 bits per heavy atom. The van der Waals surface area contributed by atoms with Gasteiger partial charge in [0.25, 0.3) is 0 Å². The first kappa shape index (κ1) is 16.8. The van der Waals surface area contributed by atoms with E-state index in [1.165, 1.54) is 6.26 Å². The largest absolute Gasteiger partial charge is 0.240 e. The van der Waals surface area contributed by atoms with Gasteiger partial charge in [0.05, 0.1) is 10.4 Å². The first-order chi connectivity index (χ1) is 12.4. The summed E-state index contributed by atoms with van der Waals surface area (Å²) in [5.74, 6) is 0. The highest BCUT2D eigenvalue weighted by Crippen LogP contribution is 2.36. The molecule has 0 amide bonds. The number of halogens is 1. The lowest BCUT2D eigenvalue weighted by Crippen LogP contribution is -1.96. The van der Waals surface area contributed by atoms with Gasteiger partial charge in [-0.2, -0.15) is 5.10 Å². The van der Waals surface area contributed by atoms with Crippen LogP contribution in [0.3, 0.4) is 0 Å². The number of hydrogen-bond acceptors (Lipinski definition) is 3. The van der Waals surface area contributed by atoms with Gasteiger partial charge in [0.15, 0.2) is 9.84 Å². The molecule has 2 aromatic carbocycles. The zero-order chi connectivity index (χ0) is 18.3. The van der Waals surface area contributed by atoms with Crippen molar-refractivity contribution in [2.45, 2.75) is 4.90 Å². The fourth-order valence-corrected chi connectivity index (χ4v) is 3.81. The monoisotopic (exact) mass is 382 g/mol. The summed E-state index contributed by atoms with van der Waals surface area (Å²) < 4.78 is 25.3. The lowest BCUT2D eigenvalue weighted by atomic mass is 10.00. The molecule has 2 heterocycles. The predicted octanol–water partition coefficient (Wildman–Crippen LogP) is 4.73. The van der Waals surface area contributed by atoms with Gasteiger partial charge < -0.3 is 0 Å². The average molecular weight is 383 g/mol. The summed E-state index contributed by atoms with van der Waals surface area (Å²) in [5.41, 5.74) is 4.48. The van der Waals surface area contributed by atoms with Gasteiger partial charge in [-0.25, -0.2) is 12.9 Å². The Morgan fingerprint density at radius 2 is 1.69 bits per heavy atom. The number of benzene rings is 2. The van der Waals surface area contributed by atoms with Gasteiger partial charge in [0.2, 0.25) is 0 Å². The van der Waals surface area contributed by atoms with E-state index in [-0.39, 0.29) is 0 Å². The van der Waals surface area contributed by atoms with E-state index in [9.17, 15) is 8.42 Å². The van der Waals surface area contributed by atoms with Crippen molar-refractivity contribution in [1.82, 2.24) is 9.61 Å². The van der Waals surface area contributed by atoms with Crippen molar-refractivity contribution in [3.63, 3.8) is 0 Å². The van der Waals surface area contributed by atoms with Crippen molar-refractivity contribution in [1.29, 1.82) is 0 Å². The minimum atomic E-state index is -3.24. The second kappa shape index (κ2) is 6.27. The zero-order valence-corrected chi connectivity index (χ0v) is 15.5. The van der Waals surface area contributed by atoms with E-state index in [2.05, 4.69) is 0 Å². The fourth-order valence-electron chi connectivity index (χ4n) is 2.99. The molecule has 0 aliphatic rings. The lowest BCUT2D eigenvalue weighted by Gasteiger charge is -2.06. The molecule has 0 bridgehead atoms. The molecule has 0 spiro atoms. The summed E-state index contributed by atoms with van der Waals surface area (Å²) in [7, 11) is -3.24. The van der Waals surface area contributed by atoms with Crippen LogP contribution < -0.4 is 0 Å². The molecule has 4 nitrogen and oxygen atoms in total. The minimum absolute atomic E-state index is 0.294. The smallest absolute Gasteiger partial charge is 0.175 e. The highest BCUT2D eigenvalue weighted by Gasteiger charge is 2.17. The third-order valence-corrected chi connectivity index (χ3v) is 5.57. The molecule has 0 N–H and O–H groups in total. The van der Waals surface area contributed by atoms with Crippen LogP contribution in [0.15, 0.2) is 77.8 Å². The average Bonchev–Trinajstić information content (AvgIpc) is 3.00. The van der Waals surface area contributed by atoms with E-state index in [0.29, 0.717) is 9.92 Å². The van der Waals surface area contributed by atoms with Gasteiger partial charge in [0.1, 0.15) is 5.69 Å². The molecule has 0 saturated heterocycles. The molecule has 0 unspecified atom stereocenters. The van der Waals surface area contributed by atoms with E-state index in [0.717, 1.165) is 27.9 Å². The number of aromatic nitrogens is 2. The molecule has 6 heteroatoms. The van der Waals surface area contributed by atoms with Gasteiger partial charge in [-0.15, -0.1) is 0 Å². The van der Waals surface area contributed by atoms with Crippen LogP contribution in [-0.4, -0.2) is 24.3 Å². The zero-order valence-electron chi connectivity index (χ0n) is 13.9. The molecule has 26 heavy (non-hydrogen) atoms. The highest BCUT2D eigenvalue weighted by atomic mass is 35.5. The predicted molar refractivity (Wildman–Crippen MR) is 104 cm³/mol. The van der Waals surface area contributed by atoms with Crippen molar-refractivity contribution < 1.29 is 8.42 Å². The standard InChI is InChI=1S/C20H15ClN2O2S/c1-26(24,25)17-10-8-14(9-11-17)19-18-7-2-3-12-23(18)22-20(19)15-5-4-6-16(21)13-15/h2-13H,1H3. The van der Waals surface area contributed by atoms with Gasteiger partial charge in [-0.3, -0.25) is 0 Å². The van der Waals surface area contributed by atoms with E-state index in [1.807, 2.05) is 65.3 Å². The molecule has 0 atom stereocenters. The Balaban J connectivity index is 1.98. The number of rotatable bonds is 3. The Kier molecular flexibility index (Phi) is 4.05. The Hall–Kier alpha value is -2.63. The van der Waals surface area contributed by atoms with Gasteiger partial charge >= 0.3 is 0 Å². The number of fused-ring (bicyclic) bond motifs is 1. The molecule has 130 valence electrons. The lowest BCUT2D eigenvalue weighted by molar-refractivity contribution is 0.602. The van der Waals surface area contributed by atoms with Crippen LogP contribution >= 0.6 is 11.6 Å². The molecule has 0 aliphatic heterocycles. The molecule has 4 rings (SSSR count). The summed E-state index contributed by atoms with van der Waals surface area (Å²) in [6.07, 6.45) is 3.09. The maximum atomic E-state index is 11.7. The number of pyridine rings is 1. The van der Waals surface area contributed by atoms with Gasteiger partial charge in [0, 0.05) is 28.6 Å². The molecule has 0 fully saturated rings. The Morgan fingerprint density at radius 3 is 2.38 bits per heavy atom. The molecule has 2 aromatic heterocycles. The fraction of sp³-hybridized carbons (Fsp3) is 0.0500. The van der Waals surface area contributed by atoms with Gasteiger partial charge in [-0.05, 0) is 42.0 Å². The number of sulfone groups is 1. The minimum Gasteiger partial charge on any atom is -0.240 e. The third kappa shape index (κ3) is 3.00. The van der Waals surface area contributed by atoms with Crippen molar-refractivity contribution >= 4 is 27.0 Å². The van der Waals surface area contributed by atoms with Crippen molar-refractivity contribution in [3.05, 3.63) is 77.9 Å². The topological polar surface area (TPSA) is 51.4 Å². The maximum absolute atomic E-state index is 11.7. The molecule has 0 radical (unpaired) electrons. The molecule has 4 aromatic rings. The summed E-state index contributed by atoms with van der Waals surface area (Å²) in [5, 5.41) is 5.35. The Labute approximate surface area is 156 Å². The van der Waals surface area contributed by atoms with Crippen molar-refractivity contribution in [2.75, 3.05) is 6.26 Å². The van der Waals surface area contributed by atoms with E-state index >= 15 is 0 Å². The van der Waals surface area contributed by atoms with Gasteiger partial charge in [-0.1, -0.05) is 41.9 Å². The van der Waals surface area contributed by atoms with Crippen LogP contribution in [0.2, 0.25) is 5.02 Å². The first-order valence-electron chi connectivity index (χ1n) is 7.97. The van der Waals surface area contributed by atoms with Crippen LogP contribution in [0.1, 0.15) is 0 Å². The summed E-state index contributed by atoms with van der Waals surface area (Å²) in [4.78, 5) is 0.294. The van der Waals surface area contributed by atoms with E-state index in [1.54, 1.807) is 12.1 Å². The number of nitrogens with zero attached hydrogens (tertiary/aromatic N) is 2. The second-order valence-corrected chi connectivity index (χ2v) is 8.51. The highest BCUT2D eigenvalue weighted by molar-refractivity contribution is 7.90. The maximum Gasteiger partial charge on any atom is 0.175 e. The van der Waals surface area contributed by atoms with Crippen LogP contribution in [0, 0.1) is 0 Å². The Bertz CT molecular complexity index is 1210. The van der Waals surface area contributed by atoms with E-state index in [4.69, 9.17) is 16.7 Å². The molecule has 0 aliphatic carbocycles.